The summed E-state index contributed by atoms with van der Waals surface area (Å²) < 4.78 is 5.04. The Bertz CT molecular complexity index is 779. The molecule has 0 saturated carbocycles. The Hall–Kier alpha value is -2.89. The van der Waals surface area contributed by atoms with Crippen LogP contribution in [0, 0.1) is 0 Å². The van der Waals surface area contributed by atoms with E-state index >= 15 is 0 Å². The number of aromatic amines is 1. The fourth-order valence-electron chi connectivity index (χ4n) is 1.91. The third-order valence-electron chi connectivity index (χ3n) is 3.05. The number of carbonyl (C=O) groups is 2. The van der Waals surface area contributed by atoms with Crippen LogP contribution in [-0.4, -0.2) is 29.5 Å². The molecule has 1 atom stereocenters. The normalized spacial score (nSPS) is 11.7. The van der Waals surface area contributed by atoms with Crippen LogP contribution in [0.25, 0.3) is 10.8 Å². The van der Waals surface area contributed by atoms with Gasteiger partial charge in [0.15, 0.2) is 6.10 Å². The summed E-state index contributed by atoms with van der Waals surface area (Å²) in [5.74, 6) is -1.19. The number of amides is 1. The van der Waals surface area contributed by atoms with E-state index in [4.69, 9.17) is 4.74 Å². The predicted octanol–water partition coefficient (Wildman–Crippen LogP) is 1.38. The van der Waals surface area contributed by atoms with E-state index < -0.39 is 18.0 Å². The number of nitrogens with one attached hydrogen (secondary N) is 2. The average Bonchev–Trinajstić information content (AvgIpc) is 2.52. The molecule has 0 saturated heterocycles. The standard InChI is InChI=1S/C16H16N2O4/c1-3-8-17-14(19)10(2)22-16(21)13-9-11-6-4-5-7-12(11)15(20)18-13/h3-7,9-10H,1,8H2,2H3,(H,17,19)(H,18,20)/t10-/m0/s1. The van der Waals surface area contributed by atoms with Gasteiger partial charge in [-0.25, -0.2) is 4.79 Å². The van der Waals surface area contributed by atoms with Gasteiger partial charge in [0.1, 0.15) is 5.69 Å². The molecule has 1 amide bonds. The second kappa shape index (κ2) is 6.71. The molecule has 0 aliphatic rings. The van der Waals surface area contributed by atoms with Gasteiger partial charge in [0.05, 0.1) is 0 Å². The van der Waals surface area contributed by atoms with Crippen molar-refractivity contribution in [3.05, 3.63) is 59.0 Å². The van der Waals surface area contributed by atoms with Crippen molar-refractivity contribution in [3.8, 4) is 0 Å². The molecule has 0 radical (unpaired) electrons. The fourth-order valence-corrected chi connectivity index (χ4v) is 1.91. The highest BCUT2D eigenvalue weighted by molar-refractivity contribution is 5.94. The maximum atomic E-state index is 12.0. The lowest BCUT2D eigenvalue weighted by molar-refractivity contribution is -0.128. The molecule has 6 heteroatoms. The molecule has 6 nitrogen and oxygen atoms in total. The van der Waals surface area contributed by atoms with Crippen molar-refractivity contribution in [1.82, 2.24) is 10.3 Å². The predicted molar refractivity (Wildman–Crippen MR) is 82.7 cm³/mol. The number of hydrogen-bond acceptors (Lipinski definition) is 4. The molecule has 2 rings (SSSR count). The summed E-state index contributed by atoms with van der Waals surface area (Å²) in [6, 6.07) is 8.41. The van der Waals surface area contributed by atoms with Crippen LogP contribution in [0.2, 0.25) is 0 Å². The average molecular weight is 300 g/mol. The summed E-state index contributed by atoms with van der Waals surface area (Å²) >= 11 is 0. The second-order valence-corrected chi connectivity index (χ2v) is 4.68. The lowest BCUT2D eigenvalue weighted by atomic mass is 10.1. The number of hydrogen-bond donors (Lipinski definition) is 2. The smallest absolute Gasteiger partial charge is 0.355 e. The number of benzene rings is 1. The van der Waals surface area contributed by atoms with Gasteiger partial charge in [0.25, 0.3) is 11.5 Å². The van der Waals surface area contributed by atoms with Crippen molar-refractivity contribution in [3.63, 3.8) is 0 Å². The molecule has 2 aromatic rings. The van der Waals surface area contributed by atoms with Crippen molar-refractivity contribution < 1.29 is 14.3 Å². The highest BCUT2D eigenvalue weighted by atomic mass is 16.5. The van der Waals surface area contributed by atoms with E-state index in [-0.39, 0.29) is 17.8 Å². The molecule has 22 heavy (non-hydrogen) atoms. The zero-order chi connectivity index (χ0) is 16.1. The minimum atomic E-state index is -0.970. The molecular weight excluding hydrogens is 284 g/mol. The van der Waals surface area contributed by atoms with Gasteiger partial charge in [-0.05, 0) is 24.4 Å². The van der Waals surface area contributed by atoms with Gasteiger partial charge in [-0.2, -0.15) is 0 Å². The number of fused-ring (bicyclic) bond motifs is 1. The van der Waals surface area contributed by atoms with Crippen molar-refractivity contribution in [2.45, 2.75) is 13.0 Å². The Balaban J connectivity index is 2.18. The topological polar surface area (TPSA) is 88.3 Å². The van der Waals surface area contributed by atoms with Crippen molar-refractivity contribution in [1.29, 1.82) is 0 Å². The lowest BCUT2D eigenvalue weighted by Crippen LogP contribution is -2.36. The molecule has 0 unspecified atom stereocenters. The summed E-state index contributed by atoms with van der Waals surface area (Å²) in [6.07, 6.45) is 0.551. The Morgan fingerprint density at radius 2 is 2.14 bits per heavy atom. The molecule has 114 valence electrons. The van der Waals surface area contributed by atoms with E-state index in [2.05, 4.69) is 16.9 Å². The first-order chi connectivity index (χ1) is 10.5. The molecule has 1 aromatic heterocycles. The van der Waals surface area contributed by atoms with Crippen LogP contribution in [-0.2, 0) is 9.53 Å². The van der Waals surface area contributed by atoms with E-state index in [0.717, 1.165) is 0 Å². The SMILES string of the molecule is C=CCNC(=O)[C@H](C)OC(=O)c1cc2ccccc2c(=O)[nH]1. The first-order valence-electron chi connectivity index (χ1n) is 6.74. The molecule has 1 aromatic carbocycles. The molecule has 0 fully saturated rings. The zero-order valence-corrected chi connectivity index (χ0v) is 12.1. The Kier molecular flexibility index (Phi) is 4.73. The number of esters is 1. The van der Waals surface area contributed by atoms with E-state index in [1.54, 1.807) is 24.3 Å². The molecule has 2 N–H and O–H groups in total. The van der Waals surface area contributed by atoms with Crippen molar-refractivity contribution in [2.24, 2.45) is 0 Å². The van der Waals surface area contributed by atoms with Gasteiger partial charge in [-0.15, -0.1) is 6.58 Å². The van der Waals surface area contributed by atoms with Gasteiger partial charge < -0.3 is 15.0 Å². The summed E-state index contributed by atoms with van der Waals surface area (Å²) in [5.41, 5.74) is -0.374. The van der Waals surface area contributed by atoms with Crippen LogP contribution in [0.5, 0.6) is 0 Å². The summed E-state index contributed by atoms with van der Waals surface area (Å²) in [7, 11) is 0. The van der Waals surface area contributed by atoms with E-state index in [0.29, 0.717) is 10.8 Å². The Morgan fingerprint density at radius 1 is 1.41 bits per heavy atom. The zero-order valence-electron chi connectivity index (χ0n) is 12.1. The van der Waals surface area contributed by atoms with Crippen molar-refractivity contribution in [2.75, 3.05) is 6.54 Å². The second-order valence-electron chi connectivity index (χ2n) is 4.68. The largest absolute Gasteiger partial charge is 0.448 e. The van der Waals surface area contributed by atoms with E-state index in [1.165, 1.54) is 19.1 Å². The summed E-state index contributed by atoms with van der Waals surface area (Å²) in [6.45, 7) is 5.22. The Morgan fingerprint density at radius 3 is 2.86 bits per heavy atom. The fraction of sp³-hybridized carbons (Fsp3) is 0.188. The molecule has 0 bridgehead atoms. The highest BCUT2D eigenvalue weighted by Gasteiger charge is 2.19. The van der Waals surface area contributed by atoms with Gasteiger partial charge in [0, 0.05) is 11.9 Å². The monoisotopic (exact) mass is 300 g/mol. The number of pyridine rings is 1. The van der Waals surface area contributed by atoms with Crippen LogP contribution in [0.3, 0.4) is 0 Å². The first kappa shape index (κ1) is 15.5. The molecule has 0 aliphatic carbocycles. The minimum absolute atomic E-state index is 0.00655. The van der Waals surface area contributed by atoms with Crippen LogP contribution >= 0.6 is 0 Å². The number of ether oxygens (including phenoxy) is 1. The van der Waals surface area contributed by atoms with Crippen LogP contribution < -0.4 is 10.9 Å². The van der Waals surface area contributed by atoms with Crippen LogP contribution in [0.15, 0.2) is 47.8 Å². The quantitative estimate of drug-likeness (QED) is 0.645. The van der Waals surface area contributed by atoms with Gasteiger partial charge >= 0.3 is 5.97 Å². The minimum Gasteiger partial charge on any atom is -0.448 e. The molecule has 1 heterocycles. The van der Waals surface area contributed by atoms with Gasteiger partial charge in [-0.3, -0.25) is 9.59 Å². The number of rotatable bonds is 5. The summed E-state index contributed by atoms with van der Waals surface area (Å²) in [5, 5.41) is 3.63. The summed E-state index contributed by atoms with van der Waals surface area (Å²) in [4.78, 5) is 38.0. The van der Waals surface area contributed by atoms with Crippen LogP contribution in [0.4, 0.5) is 0 Å². The number of H-pyrrole nitrogens is 1. The number of aromatic nitrogens is 1. The molecule has 0 spiro atoms. The molecular formula is C16H16N2O4. The number of carbonyl (C=O) groups excluding carboxylic acids is 2. The van der Waals surface area contributed by atoms with E-state index in [1.807, 2.05) is 0 Å². The van der Waals surface area contributed by atoms with Crippen LogP contribution in [0.1, 0.15) is 17.4 Å². The first-order valence-corrected chi connectivity index (χ1v) is 6.74. The molecule has 0 aliphatic heterocycles. The van der Waals surface area contributed by atoms with Crippen molar-refractivity contribution >= 4 is 22.6 Å². The van der Waals surface area contributed by atoms with Gasteiger partial charge in [0.2, 0.25) is 0 Å². The maximum Gasteiger partial charge on any atom is 0.355 e. The maximum absolute atomic E-state index is 12.0. The highest BCUT2D eigenvalue weighted by Crippen LogP contribution is 2.11. The van der Waals surface area contributed by atoms with Gasteiger partial charge in [-0.1, -0.05) is 24.3 Å². The third-order valence-corrected chi connectivity index (χ3v) is 3.05. The van der Waals surface area contributed by atoms with E-state index in [9.17, 15) is 14.4 Å². The lowest BCUT2D eigenvalue weighted by Gasteiger charge is -2.12. The Labute approximate surface area is 126 Å². The third kappa shape index (κ3) is 3.41.